The van der Waals surface area contributed by atoms with Crippen molar-refractivity contribution in [2.75, 3.05) is 7.11 Å². The second kappa shape index (κ2) is 4.61. The molecule has 1 heterocycles. The minimum atomic E-state index is -1.11. The zero-order valence-corrected chi connectivity index (χ0v) is 8.21. The van der Waals surface area contributed by atoms with Gasteiger partial charge in [0, 0.05) is 4.88 Å². The van der Waals surface area contributed by atoms with Crippen molar-refractivity contribution in [2.24, 2.45) is 0 Å². The van der Waals surface area contributed by atoms with Crippen LogP contribution in [0.3, 0.4) is 0 Å². The Balaban J connectivity index is 2.76. The molecule has 0 fully saturated rings. The molecule has 0 radical (unpaired) electrons. The first-order valence-corrected chi connectivity index (χ1v) is 4.64. The van der Waals surface area contributed by atoms with Crippen LogP contribution >= 0.6 is 11.3 Å². The molecular formula is C8H9NO4S. The van der Waals surface area contributed by atoms with Gasteiger partial charge in [0.25, 0.3) is 0 Å². The van der Waals surface area contributed by atoms with Gasteiger partial charge in [0.2, 0.25) is 0 Å². The molecule has 0 spiro atoms. The number of ether oxygens (including phenoxy) is 1. The fourth-order valence-electron chi connectivity index (χ4n) is 0.887. The maximum atomic E-state index is 10.8. The Hall–Kier alpha value is -1.56. The summed E-state index contributed by atoms with van der Waals surface area (Å²) in [6, 6.07) is 2.32. The highest BCUT2D eigenvalue weighted by Gasteiger charge is 2.22. The number of rotatable bonds is 3. The van der Waals surface area contributed by atoms with Crippen LogP contribution in [0.15, 0.2) is 17.5 Å². The molecule has 2 N–H and O–H groups in total. The van der Waals surface area contributed by atoms with Crippen molar-refractivity contribution in [3.63, 3.8) is 0 Å². The summed E-state index contributed by atoms with van der Waals surface area (Å²) in [5.41, 5.74) is 0. The lowest BCUT2D eigenvalue weighted by molar-refractivity contribution is -0.139. The Morgan fingerprint density at radius 2 is 2.36 bits per heavy atom. The van der Waals surface area contributed by atoms with Crippen molar-refractivity contribution in [3.8, 4) is 0 Å². The number of carboxylic acids is 1. The molecule has 5 nitrogen and oxygen atoms in total. The molecule has 6 heteroatoms. The van der Waals surface area contributed by atoms with E-state index in [0.717, 1.165) is 0 Å². The smallest absolute Gasteiger partial charge is 0.407 e. The van der Waals surface area contributed by atoms with Crippen LogP contribution in [0.5, 0.6) is 0 Å². The van der Waals surface area contributed by atoms with E-state index in [0.29, 0.717) is 4.88 Å². The molecule has 0 bridgehead atoms. The second-order valence-corrected chi connectivity index (χ2v) is 3.40. The van der Waals surface area contributed by atoms with Gasteiger partial charge in [0.05, 0.1) is 7.11 Å². The number of carboxylic acid groups (broad SMARTS) is 1. The van der Waals surface area contributed by atoms with Gasteiger partial charge in [-0.25, -0.2) is 9.59 Å². The first-order valence-electron chi connectivity index (χ1n) is 3.76. The Kier molecular flexibility index (Phi) is 3.47. The normalized spacial score (nSPS) is 11.8. The maximum Gasteiger partial charge on any atom is 0.407 e. The molecule has 1 aromatic rings. The highest BCUT2D eigenvalue weighted by Crippen LogP contribution is 2.18. The third-order valence-electron chi connectivity index (χ3n) is 1.52. The molecule has 0 aromatic carbocycles. The number of carbonyl (C=O) groups is 2. The number of hydrogen-bond donors (Lipinski definition) is 2. The molecule has 76 valence electrons. The Morgan fingerprint density at radius 1 is 1.64 bits per heavy atom. The first kappa shape index (κ1) is 10.5. The van der Waals surface area contributed by atoms with E-state index in [2.05, 4.69) is 10.1 Å². The first-order chi connectivity index (χ1) is 6.65. The lowest BCUT2D eigenvalue weighted by Crippen LogP contribution is -2.32. The topological polar surface area (TPSA) is 75.6 Å². The van der Waals surface area contributed by atoms with E-state index in [1.54, 1.807) is 17.5 Å². The number of carbonyl (C=O) groups excluding carboxylic acids is 1. The molecule has 0 saturated heterocycles. The van der Waals surface area contributed by atoms with Crippen molar-refractivity contribution < 1.29 is 19.4 Å². The minimum Gasteiger partial charge on any atom is -0.479 e. The van der Waals surface area contributed by atoms with E-state index in [9.17, 15) is 9.59 Å². The van der Waals surface area contributed by atoms with Gasteiger partial charge in [-0.3, -0.25) is 0 Å². The molecule has 1 aromatic heterocycles. The fraction of sp³-hybridized carbons (Fsp3) is 0.250. The average Bonchev–Trinajstić information content (AvgIpc) is 2.65. The van der Waals surface area contributed by atoms with Crippen LogP contribution in [0, 0.1) is 0 Å². The van der Waals surface area contributed by atoms with E-state index in [1.165, 1.54) is 18.4 Å². The number of methoxy groups -OCH3 is 1. The van der Waals surface area contributed by atoms with Gasteiger partial charge in [0.15, 0.2) is 6.04 Å². The molecule has 1 unspecified atom stereocenters. The molecule has 1 amide bonds. The lowest BCUT2D eigenvalue weighted by atomic mass is 10.2. The van der Waals surface area contributed by atoms with E-state index >= 15 is 0 Å². The predicted octanol–water partition coefficient (Wildman–Crippen LogP) is 1.23. The summed E-state index contributed by atoms with van der Waals surface area (Å²) in [5, 5.41) is 12.8. The van der Waals surface area contributed by atoms with Crippen LogP contribution < -0.4 is 5.32 Å². The van der Waals surface area contributed by atoms with Gasteiger partial charge in [-0.15, -0.1) is 11.3 Å². The zero-order valence-electron chi connectivity index (χ0n) is 7.39. The standard InChI is InChI=1S/C8H9NO4S/c1-13-8(12)9-6(7(10)11)5-3-2-4-14-5/h2-4,6H,1H3,(H,9,12)(H,10,11). The quantitative estimate of drug-likeness (QED) is 0.795. The molecule has 0 aliphatic heterocycles. The number of alkyl carbamates (subject to hydrolysis) is 1. The molecular weight excluding hydrogens is 206 g/mol. The summed E-state index contributed by atoms with van der Waals surface area (Å²) in [6.45, 7) is 0. The summed E-state index contributed by atoms with van der Waals surface area (Å²) in [5.74, 6) is -1.11. The predicted molar refractivity (Wildman–Crippen MR) is 50.2 cm³/mol. The van der Waals surface area contributed by atoms with Crippen molar-refractivity contribution in [2.45, 2.75) is 6.04 Å². The van der Waals surface area contributed by atoms with Crippen LogP contribution in [-0.2, 0) is 9.53 Å². The Morgan fingerprint density at radius 3 is 2.79 bits per heavy atom. The van der Waals surface area contributed by atoms with Crippen LogP contribution in [0.2, 0.25) is 0 Å². The van der Waals surface area contributed by atoms with Crippen LogP contribution in [0.25, 0.3) is 0 Å². The highest BCUT2D eigenvalue weighted by atomic mass is 32.1. The molecule has 14 heavy (non-hydrogen) atoms. The Bertz CT molecular complexity index is 322. The average molecular weight is 215 g/mol. The highest BCUT2D eigenvalue weighted by molar-refractivity contribution is 7.10. The molecule has 0 aliphatic rings. The zero-order chi connectivity index (χ0) is 10.6. The van der Waals surface area contributed by atoms with E-state index in [1.807, 2.05) is 0 Å². The summed E-state index contributed by atoms with van der Waals surface area (Å²) in [4.78, 5) is 22.2. The largest absolute Gasteiger partial charge is 0.479 e. The van der Waals surface area contributed by atoms with Gasteiger partial charge < -0.3 is 15.2 Å². The summed E-state index contributed by atoms with van der Waals surface area (Å²) >= 11 is 1.26. The fourth-order valence-corrected chi connectivity index (χ4v) is 1.65. The van der Waals surface area contributed by atoms with Gasteiger partial charge >= 0.3 is 12.1 Å². The van der Waals surface area contributed by atoms with Crippen molar-refractivity contribution in [1.29, 1.82) is 0 Å². The number of aliphatic carboxylic acids is 1. The monoisotopic (exact) mass is 215 g/mol. The van der Waals surface area contributed by atoms with E-state index in [-0.39, 0.29) is 0 Å². The van der Waals surface area contributed by atoms with Crippen LogP contribution in [-0.4, -0.2) is 24.3 Å². The molecule has 1 atom stereocenters. The van der Waals surface area contributed by atoms with Crippen molar-refractivity contribution in [3.05, 3.63) is 22.4 Å². The number of amides is 1. The van der Waals surface area contributed by atoms with Gasteiger partial charge in [0.1, 0.15) is 0 Å². The van der Waals surface area contributed by atoms with E-state index in [4.69, 9.17) is 5.11 Å². The van der Waals surface area contributed by atoms with Gasteiger partial charge in [-0.1, -0.05) is 6.07 Å². The maximum absolute atomic E-state index is 10.8. The molecule has 1 rings (SSSR count). The summed E-state index contributed by atoms with van der Waals surface area (Å²) in [6.07, 6.45) is -0.759. The second-order valence-electron chi connectivity index (χ2n) is 2.42. The summed E-state index contributed by atoms with van der Waals surface area (Å²) in [7, 11) is 1.18. The Labute approximate surface area is 84.3 Å². The third kappa shape index (κ3) is 2.46. The van der Waals surface area contributed by atoms with Gasteiger partial charge in [-0.2, -0.15) is 0 Å². The lowest BCUT2D eigenvalue weighted by Gasteiger charge is -2.11. The number of nitrogens with one attached hydrogen (secondary N) is 1. The van der Waals surface area contributed by atoms with Crippen LogP contribution in [0.4, 0.5) is 4.79 Å². The molecule has 0 aliphatic carbocycles. The van der Waals surface area contributed by atoms with Crippen LogP contribution in [0.1, 0.15) is 10.9 Å². The van der Waals surface area contributed by atoms with E-state index < -0.39 is 18.1 Å². The van der Waals surface area contributed by atoms with Crippen molar-refractivity contribution in [1.82, 2.24) is 5.32 Å². The minimum absolute atomic E-state index is 0.558. The van der Waals surface area contributed by atoms with Gasteiger partial charge in [-0.05, 0) is 11.4 Å². The summed E-state index contributed by atoms with van der Waals surface area (Å²) < 4.78 is 4.32. The number of hydrogen-bond acceptors (Lipinski definition) is 4. The van der Waals surface area contributed by atoms with Crippen molar-refractivity contribution >= 4 is 23.4 Å². The number of thiophene rings is 1. The SMILES string of the molecule is COC(=O)NC(C(=O)O)c1cccs1. The third-order valence-corrected chi connectivity index (χ3v) is 2.46. The molecule has 0 saturated carbocycles.